The number of carboxylic acid groups (broad SMARTS) is 1. The van der Waals surface area contributed by atoms with E-state index in [0.29, 0.717) is 5.56 Å². The normalized spacial score (nSPS) is 12.1. The third kappa shape index (κ3) is 3.69. The molecule has 0 aliphatic rings. The van der Waals surface area contributed by atoms with Gasteiger partial charge in [-0.3, -0.25) is 14.9 Å². The zero-order chi connectivity index (χ0) is 13.0. The minimum Gasteiger partial charge on any atom is -0.480 e. The van der Waals surface area contributed by atoms with E-state index in [1.54, 1.807) is 0 Å². The van der Waals surface area contributed by atoms with Gasteiger partial charge in [0.2, 0.25) is 0 Å². The molecule has 6 nitrogen and oxygen atoms in total. The Bertz CT molecular complexity index is 450. The van der Waals surface area contributed by atoms with Gasteiger partial charge < -0.3 is 10.4 Å². The van der Waals surface area contributed by atoms with Crippen LogP contribution in [0.2, 0.25) is 5.02 Å². The summed E-state index contributed by atoms with van der Waals surface area (Å²) in [5.41, 5.74) is 0.524. The lowest BCUT2D eigenvalue weighted by molar-refractivity contribution is -0.384. The number of benzene rings is 1. The molecule has 1 aromatic carbocycles. The Hall–Kier alpha value is -1.66. The molecule has 0 aliphatic carbocycles. The molecule has 1 rings (SSSR count). The molecule has 0 fully saturated rings. The standard InChI is InChI=1S/C10H11ClN2O4/c1-6(10(14)15)12-5-7-2-3-8(13(16)17)4-9(7)11/h2-4,6,12H,5H2,1H3,(H,14,15)/t6-/m0/s1. The number of hydrogen-bond donors (Lipinski definition) is 2. The number of nitrogens with zero attached hydrogens (tertiary/aromatic N) is 1. The second-order valence-corrected chi connectivity index (χ2v) is 3.88. The van der Waals surface area contributed by atoms with Crippen molar-refractivity contribution in [3.05, 3.63) is 38.9 Å². The Kier molecular flexibility index (Phi) is 4.42. The van der Waals surface area contributed by atoms with Crippen LogP contribution in [0.25, 0.3) is 0 Å². The van der Waals surface area contributed by atoms with Gasteiger partial charge in [-0.15, -0.1) is 0 Å². The van der Waals surface area contributed by atoms with E-state index in [1.807, 2.05) is 0 Å². The number of carbonyl (C=O) groups is 1. The fourth-order valence-electron chi connectivity index (χ4n) is 1.14. The van der Waals surface area contributed by atoms with Crippen LogP contribution < -0.4 is 5.32 Å². The smallest absolute Gasteiger partial charge is 0.320 e. The Labute approximate surface area is 102 Å². The zero-order valence-electron chi connectivity index (χ0n) is 9.01. The number of nitro benzene ring substituents is 1. The van der Waals surface area contributed by atoms with Crippen LogP contribution in [0.5, 0.6) is 0 Å². The van der Waals surface area contributed by atoms with E-state index in [1.165, 1.54) is 25.1 Å². The summed E-state index contributed by atoms with van der Waals surface area (Å²) in [6, 6.07) is 3.36. The third-order valence-corrected chi connectivity index (χ3v) is 2.57. The van der Waals surface area contributed by atoms with Crippen LogP contribution in [-0.4, -0.2) is 22.0 Å². The van der Waals surface area contributed by atoms with Crippen molar-refractivity contribution in [1.29, 1.82) is 0 Å². The van der Waals surface area contributed by atoms with Crippen LogP contribution in [0.3, 0.4) is 0 Å². The van der Waals surface area contributed by atoms with Crippen LogP contribution in [0.15, 0.2) is 18.2 Å². The highest BCUT2D eigenvalue weighted by Gasteiger charge is 2.12. The first-order chi connectivity index (χ1) is 7.91. The van der Waals surface area contributed by atoms with Gasteiger partial charge >= 0.3 is 5.97 Å². The maximum Gasteiger partial charge on any atom is 0.320 e. The van der Waals surface area contributed by atoms with Crippen LogP contribution >= 0.6 is 11.6 Å². The fraction of sp³-hybridized carbons (Fsp3) is 0.300. The predicted octanol–water partition coefficient (Wildman–Crippen LogP) is 1.81. The van der Waals surface area contributed by atoms with E-state index in [-0.39, 0.29) is 17.3 Å². The van der Waals surface area contributed by atoms with E-state index < -0.39 is 16.9 Å². The molecule has 0 amide bonds. The number of aliphatic carboxylic acids is 1. The topological polar surface area (TPSA) is 92.5 Å². The lowest BCUT2D eigenvalue weighted by Crippen LogP contribution is -2.33. The summed E-state index contributed by atoms with van der Waals surface area (Å²) in [6.45, 7) is 1.74. The van der Waals surface area contributed by atoms with Gasteiger partial charge in [-0.25, -0.2) is 0 Å². The average Bonchev–Trinajstić information content (AvgIpc) is 2.26. The molecular formula is C10H11ClN2O4. The van der Waals surface area contributed by atoms with Crippen molar-refractivity contribution in [2.45, 2.75) is 19.5 Å². The van der Waals surface area contributed by atoms with Gasteiger partial charge in [-0.2, -0.15) is 0 Å². The summed E-state index contributed by atoms with van der Waals surface area (Å²) in [4.78, 5) is 20.5. The molecule has 92 valence electrons. The molecule has 17 heavy (non-hydrogen) atoms. The monoisotopic (exact) mass is 258 g/mol. The average molecular weight is 259 g/mol. The molecule has 0 saturated heterocycles. The molecule has 1 aromatic rings. The second-order valence-electron chi connectivity index (χ2n) is 3.47. The summed E-state index contributed by atoms with van der Waals surface area (Å²) in [5, 5.41) is 22.1. The third-order valence-electron chi connectivity index (χ3n) is 2.22. The van der Waals surface area contributed by atoms with E-state index in [0.717, 1.165) is 0 Å². The molecule has 0 unspecified atom stereocenters. The first-order valence-corrected chi connectivity index (χ1v) is 5.18. The summed E-state index contributed by atoms with van der Waals surface area (Å²) in [7, 11) is 0. The van der Waals surface area contributed by atoms with Crippen molar-refractivity contribution in [2.75, 3.05) is 0 Å². The summed E-state index contributed by atoms with van der Waals surface area (Å²) < 4.78 is 0. The van der Waals surface area contributed by atoms with Gasteiger partial charge in [0.1, 0.15) is 6.04 Å². The van der Waals surface area contributed by atoms with Gasteiger partial charge in [0.25, 0.3) is 5.69 Å². The molecule has 0 spiro atoms. The first-order valence-electron chi connectivity index (χ1n) is 4.81. The van der Waals surface area contributed by atoms with Crippen molar-refractivity contribution in [3.63, 3.8) is 0 Å². The molecule has 0 bridgehead atoms. The molecule has 0 heterocycles. The van der Waals surface area contributed by atoms with E-state index in [4.69, 9.17) is 16.7 Å². The van der Waals surface area contributed by atoms with Crippen LogP contribution in [0.4, 0.5) is 5.69 Å². The molecule has 2 N–H and O–H groups in total. The highest BCUT2D eigenvalue weighted by atomic mass is 35.5. The predicted molar refractivity (Wildman–Crippen MR) is 62.0 cm³/mol. The minimum absolute atomic E-state index is 0.0926. The zero-order valence-corrected chi connectivity index (χ0v) is 9.77. The number of hydrogen-bond acceptors (Lipinski definition) is 4. The SMILES string of the molecule is C[C@H](NCc1ccc([N+](=O)[O-])cc1Cl)C(=O)O. The number of nitro groups is 1. The van der Waals surface area contributed by atoms with E-state index in [9.17, 15) is 14.9 Å². The quantitative estimate of drug-likeness (QED) is 0.621. The molecule has 0 saturated carbocycles. The Morgan fingerprint density at radius 2 is 2.29 bits per heavy atom. The molecule has 7 heteroatoms. The van der Waals surface area contributed by atoms with E-state index in [2.05, 4.69) is 5.32 Å². The molecule has 0 aliphatic heterocycles. The van der Waals surface area contributed by atoms with Crippen LogP contribution in [0, 0.1) is 10.1 Å². The molecule has 0 aromatic heterocycles. The van der Waals surface area contributed by atoms with Crippen molar-refractivity contribution in [2.24, 2.45) is 0 Å². The van der Waals surface area contributed by atoms with E-state index >= 15 is 0 Å². The van der Waals surface area contributed by atoms with Crippen molar-refractivity contribution in [3.8, 4) is 0 Å². The number of carboxylic acids is 1. The van der Waals surface area contributed by atoms with Gasteiger partial charge in [0.15, 0.2) is 0 Å². The lowest BCUT2D eigenvalue weighted by Gasteiger charge is -2.09. The summed E-state index contributed by atoms with van der Waals surface area (Å²) in [5.74, 6) is -0.969. The second kappa shape index (κ2) is 5.60. The maximum absolute atomic E-state index is 10.6. The maximum atomic E-state index is 10.6. The first kappa shape index (κ1) is 13.4. The summed E-state index contributed by atoms with van der Waals surface area (Å²) >= 11 is 5.84. The molecule has 0 radical (unpaired) electrons. The fourth-order valence-corrected chi connectivity index (χ4v) is 1.39. The number of non-ortho nitro benzene ring substituents is 1. The van der Waals surface area contributed by atoms with Gasteiger partial charge in [-0.1, -0.05) is 11.6 Å². The molecule has 1 atom stereocenters. The van der Waals surface area contributed by atoms with Gasteiger partial charge in [-0.05, 0) is 18.6 Å². The minimum atomic E-state index is -0.969. The van der Waals surface area contributed by atoms with Crippen molar-refractivity contribution in [1.82, 2.24) is 5.32 Å². The largest absolute Gasteiger partial charge is 0.480 e. The van der Waals surface area contributed by atoms with Crippen molar-refractivity contribution < 1.29 is 14.8 Å². The number of rotatable bonds is 5. The lowest BCUT2D eigenvalue weighted by atomic mass is 10.2. The Morgan fingerprint density at radius 1 is 1.65 bits per heavy atom. The van der Waals surface area contributed by atoms with Gasteiger partial charge in [0, 0.05) is 18.7 Å². The number of nitrogens with one attached hydrogen (secondary N) is 1. The summed E-state index contributed by atoms with van der Waals surface area (Å²) in [6.07, 6.45) is 0. The van der Waals surface area contributed by atoms with Crippen LogP contribution in [0.1, 0.15) is 12.5 Å². The molecular weight excluding hydrogens is 248 g/mol. The van der Waals surface area contributed by atoms with Crippen molar-refractivity contribution >= 4 is 23.3 Å². The highest BCUT2D eigenvalue weighted by molar-refractivity contribution is 6.31. The Balaban J connectivity index is 2.73. The van der Waals surface area contributed by atoms with Gasteiger partial charge in [0.05, 0.1) is 9.95 Å². The highest BCUT2D eigenvalue weighted by Crippen LogP contribution is 2.22. The van der Waals surface area contributed by atoms with Crippen LogP contribution in [-0.2, 0) is 11.3 Å². The Morgan fingerprint density at radius 3 is 2.76 bits per heavy atom. The number of halogens is 1.